The van der Waals surface area contributed by atoms with Crippen LogP contribution in [0.4, 0.5) is 11.6 Å². The van der Waals surface area contributed by atoms with Crippen LogP contribution in [0.5, 0.6) is 0 Å². The van der Waals surface area contributed by atoms with Gasteiger partial charge in [0.25, 0.3) is 5.95 Å². The molecule has 0 unspecified atom stereocenters. The lowest BCUT2D eigenvalue weighted by molar-refractivity contribution is 0.630. The molecule has 1 fully saturated rings. The van der Waals surface area contributed by atoms with Gasteiger partial charge >= 0.3 is 0 Å². The average molecular weight is 258 g/mol. The minimum Gasteiger partial charge on any atom is -0.372 e. The van der Waals surface area contributed by atoms with Crippen molar-refractivity contribution < 1.29 is 0 Å². The molecule has 1 aromatic heterocycles. The van der Waals surface area contributed by atoms with Crippen molar-refractivity contribution in [2.24, 2.45) is 7.05 Å². The van der Waals surface area contributed by atoms with Crippen LogP contribution in [0.15, 0.2) is 24.3 Å². The Morgan fingerprint density at radius 1 is 1.16 bits per heavy atom. The Balaban J connectivity index is 1.59. The molecule has 3 rings (SSSR count). The van der Waals surface area contributed by atoms with E-state index in [1.54, 1.807) is 7.05 Å². The Morgan fingerprint density at radius 2 is 1.89 bits per heavy atom. The second-order valence-electron chi connectivity index (χ2n) is 4.82. The Morgan fingerprint density at radius 3 is 2.53 bits per heavy atom. The van der Waals surface area contributed by atoms with Crippen molar-refractivity contribution in [3.8, 4) is 0 Å². The van der Waals surface area contributed by atoms with E-state index in [-0.39, 0.29) is 0 Å². The van der Waals surface area contributed by atoms with Crippen LogP contribution in [0.25, 0.3) is 0 Å². The predicted molar refractivity (Wildman–Crippen MR) is 74.0 cm³/mol. The van der Waals surface area contributed by atoms with Crippen LogP contribution in [-0.2, 0) is 13.6 Å². The van der Waals surface area contributed by atoms with Gasteiger partial charge in [-0.25, -0.2) is 0 Å². The summed E-state index contributed by atoms with van der Waals surface area (Å²) in [4.78, 5) is 3.88. The number of aryl methyl sites for hydroxylation is 1. The molecule has 1 aromatic carbocycles. The zero-order valence-electron chi connectivity index (χ0n) is 11.1. The van der Waals surface area contributed by atoms with Crippen molar-refractivity contribution in [3.63, 3.8) is 0 Å². The lowest BCUT2D eigenvalue weighted by Crippen LogP contribution is -2.17. The topological polar surface area (TPSA) is 58.9 Å². The van der Waals surface area contributed by atoms with E-state index in [9.17, 15) is 0 Å². The van der Waals surface area contributed by atoms with Gasteiger partial charge in [-0.2, -0.15) is 4.80 Å². The van der Waals surface area contributed by atoms with Crippen LogP contribution < -0.4 is 10.2 Å². The molecule has 1 saturated heterocycles. The van der Waals surface area contributed by atoms with Gasteiger partial charge in [0, 0.05) is 25.3 Å². The summed E-state index contributed by atoms with van der Waals surface area (Å²) in [5.41, 5.74) is 2.54. The fourth-order valence-corrected chi connectivity index (χ4v) is 2.34. The highest BCUT2D eigenvalue weighted by atomic mass is 15.6. The maximum Gasteiger partial charge on any atom is 0.263 e. The Hall–Kier alpha value is -2.11. The molecule has 1 aliphatic heterocycles. The van der Waals surface area contributed by atoms with Crippen molar-refractivity contribution in [3.05, 3.63) is 29.8 Å². The maximum absolute atomic E-state index is 4.08. The number of nitrogens with zero attached hydrogens (tertiary/aromatic N) is 5. The molecule has 6 nitrogen and oxygen atoms in total. The van der Waals surface area contributed by atoms with Gasteiger partial charge in [0.2, 0.25) is 0 Å². The average Bonchev–Trinajstić information content (AvgIpc) is 3.08. The number of hydrogen-bond donors (Lipinski definition) is 1. The van der Waals surface area contributed by atoms with Gasteiger partial charge in [-0.3, -0.25) is 0 Å². The van der Waals surface area contributed by atoms with Crippen LogP contribution in [0, 0.1) is 0 Å². The molecular weight excluding hydrogens is 240 g/mol. The molecule has 0 saturated carbocycles. The highest BCUT2D eigenvalue weighted by molar-refractivity contribution is 5.48. The molecule has 0 atom stereocenters. The molecule has 0 spiro atoms. The first-order chi connectivity index (χ1) is 9.31. The fraction of sp³-hybridized carbons (Fsp3) is 0.462. The van der Waals surface area contributed by atoms with E-state index >= 15 is 0 Å². The highest BCUT2D eigenvalue weighted by Crippen LogP contribution is 2.20. The zero-order chi connectivity index (χ0) is 13.1. The fourth-order valence-electron chi connectivity index (χ4n) is 2.34. The molecule has 6 heteroatoms. The first-order valence-electron chi connectivity index (χ1n) is 6.63. The Kier molecular flexibility index (Phi) is 3.31. The van der Waals surface area contributed by atoms with Crippen LogP contribution in [0.2, 0.25) is 0 Å². The van der Waals surface area contributed by atoms with E-state index in [4.69, 9.17) is 0 Å². The number of tetrazole rings is 1. The molecule has 1 aliphatic rings. The van der Waals surface area contributed by atoms with Crippen LogP contribution in [0.3, 0.4) is 0 Å². The standard InChI is InChI=1S/C13H18N6/c1-18-16-13(15-17-18)14-10-11-4-6-12(7-5-11)19-8-2-3-9-19/h4-7H,2-3,8-10H2,1H3,(H,14,16). The molecule has 0 amide bonds. The zero-order valence-corrected chi connectivity index (χ0v) is 11.1. The molecule has 0 bridgehead atoms. The molecule has 2 aromatic rings. The van der Waals surface area contributed by atoms with Gasteiger partial charge in [-0.05, 0) is 35.8 Å². The van der Waals surface area contributed by atoms with Crippen molar-refractivity contribution in [2.45, 2.75) is 19.4 Å². The largest absolute Gasteiger partial charge is 0.372 e. The summed E-state index contributed by atoms with van der Waals surface area (Å²) in [5, 5.41) is 14.9. The number of anilines is 2. The summed E-state index contributed by atoms with van der Waals surface area (Å²) in [6.07, 6.45) is 2.61. The predicted octanol–water partition coefficient (Wildman–Crippen LogP) is 1.42. The van der Waals surface area contributed by atoms with Gasteiger partial charge < -0.3 is 10.2 Å². The first-order valence-corrected chi connectivity index (χ1v) is 6.63. The number of nitrogens with one attached hydrogen (secondary N) is 1. The summed E-state index contributed by atoms with van der Waals surface area (Å²) < 4.78 is 0. The quantitative estimate of drug-likeness (QED) is 0.899. The monoisotopic (exact) mass is 258 g/mol. The minimum atomic E-state index is 0.561. The molecular formula is C13H18N6. The van der Waals surface area contributed by atoms with Crippen molar-refractivity contribution in [1.29, 1.82) is 0 Å². The molecule has 19 heavy (non-hydrogen) atoms. The smallest absolute Gasteiger partial charge is 0.263 e. The van der Waals surface area contributed by atoms with Gasteiger partial charge in [0.1, 0.15) is 0 Å². The first kappa shape index (κ1) is 12.0. The van der Waals surface area contributed by atoms with E-state index in [1.165, 1.54) is 42.0 Å². The van der Waals surface area contributed by atoms with E-state index in [0.717, 1.165) is 0 Å². The van der Waals surface area contributed by atoms with Gasteiger partial charge in [-0.1, -0.05) is 17.2 Å². The van der Waals surface area contributed by atoms with Crippen molar-refractivity contribution in [1.82, 2.24) is 20.2 Å². The highest BCUT2D eigenvalue weighted by Gasteiger charge is 2.11. The minimum absolute atomic E-state index is 0.561. The van der Waals surface area contributed by atoms with Gasteiger partial charge in [-0.15, -0.1) is 5.10 Å². The van der Waals surface area contributed by atoms with Gasteiger partial charge in [0.05, 0.1) is 7.05 Å². The third-order valence-electron chi connectivity index (χ3n) is 3.37. The molecule has 0 radical (unpaired) electrons. The molecule has 100 valence electrons. The lowest BCUT2D eigenvalue weighted by Gasteiger charge is -2.17. The van der Waals surface area contributed by atoms with Crippen LogP contribution in [0.1, 0.15) is 18.4 Å². The summed E-state index contributed by atoms with van der Waals surface area (Å²) in [6, 6.07) is 8.67. The summed E-state index contributed by atoms with van der Waals surface area (Å²) in [5.74, 6) is 0.561. The van der Waals surface area contributed by atoms with Crippen LogP contribution >= 0.6 is 0 Å². The van der Waals surface area contributed by atoms with E-state index < -0.39 is 0 Å². The normalized spacial score (nSPS) is 14.9. The summed E-state index contributed by atoms with van der Waals surface area (Å²) in [7, 11) is 1.75. The summed E-state index contributed by atoms with van der Waals surface area (Å²) in [6.45, 7) is 3.08. The third kappa shape index (κ3) is 2.83. The van der Waals surface area contributed by atoms with E-state index in [1.807, 2.05) is 0 Å². The SMILES string of the molecule is Cn1nnc(NCc2ccc(N3CCCC3)cc2)n1. The van der Waals surface area contributed by atoms with Crippen molar-refractivity contribution in [2.75, 3.05) is 23.3 Å². The number of aromatic nitrogens is 4. The van der Waals surface area contributed by atoms with Crippen molar-refractivity contribution >= 4 is 11.6 Å². The number of benzene rings is 1. The second kappa shape index (κ2) is 5.26. The molecule has 2 heterocycles. The Labute approximate surface area is 112 Å². The Bertz CT molecular complexity index is 526. The van der Waals surface area contributed by atoms with Gasteiger partial charge in [0.15, 0.2) is 0 Å². The maximum atomic E-state index is 4.08. The number of rotatable bonds is 4. The molecule has 1 N–H and O–H groups in total. The van der Waals surface area contributed by atoms with E-state index in [0.29, 0.717) is 12.5 Å². The summed E-state index contributed by atoms with van der Waals surface area (Å²) >= 11 is 0. The van der Waals surface area contributed by atoms with E-state index in [2.05, 4.69) is 49.9 Å². The number of hydrogen-bond acceptors (Lipinski definition) is 5. The second-order valence-corrected chi connectivity index (χ2v) is 4.82. The third-order valence-corrected chi connectivity index (χ3v) is 3.37. The lowest BCUT2D eigenvalue weighted by atomic mass is 10.2. The van der Waals surface area contributed by atoms with Crippen LogP contribution in [-0.4, -0.2) is 33.3 Å². The molecule has 0 aliphatic carbocycles.